The van der Waals surface area contributed by atoms with Crippen molar-refractivity contribution in [2.75, 3.05) is 13.1 Å². The van der Waals surface area contributed by atoms with Crippen LogP contribution in [0, 0.1) is 11.8 Å². The minimum absolute atomic E-state index is 0.0511. The van der Waals surface area contributed by atoms with Crippen LogP contribution in [0.1, 0.15) is 13.8 Å². The summed E-state index contributed by atoms with van der Waals surface area (Å²) in [6.07, 6.45) is -0.678. The van der Waals surface area contributed by atoms with Crippen LogP contribution in [0.5, 0.6) is 5.75 Å². The van der Waals surface area contributed by atoms with E-state index >= 15 is 0 Å². The monoisotopic (exact) mass is 311 g/mol. The molecule has 1 unspecified atom stereocenters. The maximum Gasteiger partial charge on any atom is 0.308 e. The fourth-order valence-electron chi connectivity index (χ4n) is 2.52. The van der Waals surface area contributed by atoms with Gasteiger partial charge in [-0.3, -0.25) is 9.59 Å². The number of benzene rings is 1. The van der Waals surface area contributed by atoms with Gasteiger partial charge in [0.05, 0.1) is 5.92 Å². The number of hydrogen-bond donors (Lipinski definition) is 1. The van der Waals surface area contributed by atoms with Gasteiger partial charge in [-0.2, -0.15) is 0 Å². The highest BCUT2D eigenvalue weighted by Gasteiger charge is 2.38. The minimum atomic E-state index is -0.860. The quantitative estimate of drug-likeness (QED) is 0.926. The van der Waals surface area contributed by atoms with Crippen LogP contribution in [-0.4, -0.2) is 41.1 Å². The van der Waals surface area contributed by atoms with Gasteiger partial charge in [-0.1, -0.05) is 24.6 Å². The average Bonchev–Trinajstić information content (AvgIpc) is 2.80. The van der Waals surface area contributed by atoms with E-state index in [9.17, 15) is 9.59 Å². The molecule has 21 heavy (non-hydrogen) atoms. The van der Waals surface area contributed by atoms with Crippen molar-refractivity contribution >= 4 is 23.5 Å². The van der Waals surface area contributed by atoms with Gasteiger partial charge in [0.2, 0.25) is 0 Å². The first kappa shape index (κ1) is 15.6. The SMILES string of the molecule is CC(Oc1cccc(Cl)c1)C(=O)N1C[C@@H](C)[C@H](C(=O)O)C1. The molecule has 1 amide bonds. The third-order valence-electron chi connectivity index (χ3n) is 3.70. The molecule has 1 aromatic carbocycles. The van der Waals surface area contributed by atoms with Crippen molar-refractivity contribution < 1.29 is 19.4 Å². The molecule has 0 saturated carbocycles. The van der Waals surface area contributed by atoms with E-state index in [1.165, 1.54) is 0 Å². The lowest BCUT2D eigenvalue weighted by Crippen LogP contribution is -2.39. The molecule has 114 valence electrons. The molecular weight excluding hydrogens is 294 g/mol. The third kappa shape index (κ3) is 3.67. The summed E-state index contributed by atoms with van der Waals surface area (Å²) in [6, 6.07) is 6.83. The number of aliphatic carboxylic acids is 1. The molecule has 1 heterocycles. The Morgan fingerprint density at radius 3 is 2.71 bits per heavy atom. The molecule has 0 spiro atoms. The number of nitrogens with zero attached hydrogens (tertiary/aromatic N) is 1. The van der Waals surface area contributed by atoms with E-state index in [1.807, 2.05) is 6.92 Å². The fraction of sp³-hybridized carbons (Fsp3) is 0.467. The second-order valence-electron chi connectivity index (χ2n) is 5.38. The van der Waals surface area contributed by atoms with Gasteiger partial charge in [0.1, 0.15) is 5.75 Å². The van der Waals surface area contributed by atoms with Gasteiger partial charge in [0, 0.05) is 18.1 Å². The molecule has 6 heteroatoms. The Kier molecular flexibility index (Phi) is 4.73. The summed E-state index contributed by atoms with van der Waals surface area (Å²) in [5, 5.41) is 9.64. The first-order valence-corrected chi connectivity index (χ1v) is 7.20. The smallest absolute Gasteiger partial charge is 0.308 e. The van der Waals surface area contributed by atoms with E-state index in [-0.39, 0.29) is 18.4 Å². The van der Waals surface area contributed by atoms with Crippen molar-refractivity contribution in [2.45, 2.75) is 20.0 Å². The molecule has 0 aliphatic carbocycles. The molecule has 3 atom stereocenters. The van der Waals surface area contributed by atoms with Crippen molar-refractivity contribution in [3.05, 3.63) is 29.3 Å². The molecule has 2 rings (SSSR count). The van der Waals surface area contributed by atoms with Crippen molar-refractivity contribution in [2.24, 2.45) is 11.8 Å². The Morgan fingerprint density at radius 1 is 1.43 bits per heavy atom. The summed E-state index contributed by atoms with van der Waals surface area (Å²) in [5.41, 5.74) is 0. The van der Waals surface area contributed by atoms with Crippen LogP contribution < -0.4 is 4.74 Å². The highest BCUT2D eigenvalue weighted by Crippen LogP contribution is 2.25. The highest BCUT2D eigenvalue weighted by atomic mass is 35.5. The van der Waals surface area contributed by atoms with E-state index in [0.717, 1.165) is 0 Å². The van der Waals surface area contributed by atoms with Crippen LogP contribution in [-0.2, 0) is 9.59 Å². The number of carboxylic acid groups (broad SMARTS) is 1. The number of halogens is 1. The van der Waals surface area contributed by atoms with Crippen LogP contribution >= 0.6 is 11.6 Å². The van der Waals surface area contributed by atoms with Crippen molar-refractivity contribution in [1.82, 2.24) is 4.90 Å². The molecule has 1 saturated heterocycles. The minimum Gasteiger partial charge on any atom is -0.481 e. The van der Waals surface area contributed by atoms with Gasteiger partial charge in [-0.05, 0) is 31.0 Å². The summed E-state index contributed by atoms with van der Waals surface area (Å²) in [6.45, 7) is 4.17. The first-order valence-electron chi connectivity index (χ1n) is 6.82. The summed E-state index contributed by atoms with van der Waals surface area (Å²) in [4.78, 5) is 25.0. The van der Waals surface area contributed by atoms with E-state index in [1.54, 1.807) is 36.1 Å². The number of likely N-dealkylation sites (tertiary alicyclic amines) is 1. The molecule has 1 fully saturated rings. The largest absolute Gasteiger partial charge is 0.481 e. The van der Waals surface area contributed by atoms with Gasteiger partial charge in [-0.25, -0.2) is 0 Å². The van der Waals surface area contributed by atoms with Crippen LogP contribution in [0.25, 0.3) is 0 Å². The average molecular weight is 312 g/mol. The topological polar surface area (TPSA) is 66.8 Å². The van der Waals surface area contributed by atoms with Gasteiger partial charge in [0.15, 0.2) is 6.10 Å². The van der Waals surface area contributed by atoms with E-state index in [2.05, 4.69) is 0 Å². The fourth-order valence-corrected chi connectivity index (χ4v) is 2.70. The first-order chi connectivity index (χ1) is 9.88. The van der Waals surface area contributed by atoms with Gasteiger partial charge < -0.3 is 14.7 Å². The molecular formula is C15H18ClNO4. The molecule has 1 aliphatic rings. The molecule has 1 aliphatic heterocycles. The lowest BCUT2D eigenvalue weighted by molar-refractivity contribution is -0.142. The van der Waals surface area contributed by atoms with Gasteiger partial charge in [0.25, 0.3) is 5.91 Å². The maximum atomic E-state index is 12.3. The van der Waals surface area contributed by atoms with Crippen LogP contribution in [0.15, 0.2) is 24.3 Å². The molecule has 1 N–H and O–H groups in total. The Bertz CT molecular complexity index is 548. The lowest BCUT2D eigenvalue weighted by Gasteiger charge is -2.21. The number of carbonyl (C=O) groups is 2. The Morgan fingerprint density at radius 2 is 2.14 bits per heavy atom. The maximum absolute atomic E-state index is 12.3. The standard InChI is InChI=1S/C15H18ClNO4/c1-9-7-17(8-13(9)15(19)20)14(18)10(2)21-12-5-3-4-11(16)6-12/h3-6,9-10,13H,7-8H2,1-2H3,(H,19,20)/t9-,10?,13-/m1/s1. The molecule has 0 aromatic heterocycles. The molecule has 0 radical (unpaired) electrons. The zero-order valence-electron chi connectivity index (χ0n) is 12.0. The number of amides is 1. The molecule has 0 bridgehead atoms. The van der Waals surface area contributed by atoms with Crippen LogP contribution in [0.3, 0.4) is 0 Å². The Hall–Kier alpha value is -1.75. The number of carbonyl (C=O) groups excluding carboxylic acids is 1. The normalized spacial score (nSPS) is 22.9. The van der Waals surface area contributed by atoms with Crippen LogP contribution in [0.4, 0.5) is 0 Å². The zero-order chi connectivity index (χ0) is 15.6. The van der Waals surface area contributed by atoms with Gasteiger partial charge >= 0.3 is 5.97 Å². The second-order valence-corrected chi connectivity index (χ2v) is 5.82. The van der Waals surface area contributed by atoms with Crippen molar-refractivity contribution in [3.63, 3.8) is 0 Å². The lowest BCUT2D eigenvalue weighted by atomic mass is 9.99. The molecule has 5 nitrogen and oxygen atoms in total. The van der Waals surface area contributed by atoms with Crippen molar-refractivity contribution in [3.8, 4) is 5.75 Å². The second kappa shape index (κ2) is 6.35. The number of hydrogen-bond acceptors (Lipinski definition) is 3. The summed E-state index contributed by atoms with van der Waals surface area (Å²) >= 11 is 5.87. The number of carboxylic acids is 1. The number of ether oxygens (including phenoxy) is 1. The predicted molar refractivity (Wildman–Crippen MR) is 78.4 cm³/mol. The Balaban J connectivity index is 1.99. The van der Waals surface area contributed by atoms with E-state index in [0.29, 0.717) is 17.3 Å². The zero-order valence-corrected chi connectivity index (χ0v) is 12.7. The summed E-state index contributed by atoms with van der Waals surface area (Å²) < 4.78 is 5.58. The van der Waals surface area contributed by atoms with Gasteiger partial charge in [-0.15, -0.1) is 0 Å². The summed E-state index contributed by atoms with van der Waals surface area (Å²) in [5.74, 6) is -1.10. The molecule has 1 aromatic rings. The van der Waals surface area contributed by atoms with Crippen LogP contribution in [0.2, 0.25) is 5.02 Å². The number of rotatable bonds is 4. The van der Waals surface area contributed by atoms with E-state index < -0.39 is 18.0 Å². The third-order valence-corrected chi connectivity index (χ3v) is 3.93. The van der Waals surface area contributed by atoms with Crippen molar-refractivity contribution in [1.29, 1.82) is 0 Å². The van der Waals surface area contributed by atoms with E-state index in [4.69, 9.17) is 21.4 Å². The highest BCUT2D eigenvalue weighted by molar-refractivity contribution is 6.30. The Labute approximate surface area is 128 Å². The predicted octanol–water partition coefficient (Wildman–Crippen LogP) is 2.29. The summed E-state index contributed by atoms with van der Waals surface area (Å²) in [7, 11) is 0.